The van der Waals surface area contributed by atoms with Crippen LogP contribution in [0.4, 0.5) is 5.69 Å². The molecular weight excluding hydrogens is 326 g/mol. The molecule has 2 rings (SSSR count). The summed E-state index contributed by atoms with van der Waals surface area (Å²) in [4.78, 5) is 21.4. The largest absolute Gasteiger partial charge is 0.490 e. The minimum absolute atomic E-state index is 0.00791. The molecule has 126 valence electrons. The lowest BCUT2D eigenvalue weighted by atomic mass is 10.3. The van der Waals surface area contributed by atoms with Crippen molar-refractivity contribution in [2.75, 3.05) is 13.7 Å². The van der Waals surface area contributed by atoms with Gasteiger partial charge >= 0.3 is 5.69 Å². The fourth-order valence-corrected chi connectivity index (χ4v) is 2.94. The number of nitro groups is 1. The normalized spacial score (nSPS) is 14.3. The van der Waals surface area contributed by atoms with E-state index in [0.29, 0.717) is 0 Å². The summed E-state index contributed by atoms with van der Waals surface area (Å²) < 4.78 is 31.3. The van der Waals surface area contributed by atoms with Crippen molar-refractivity contribution in [2.45, 2.75) is 30.2 Å². The number of rotatable bonds is 8. The number of hydrogen-bond donors (Lipinski definition) is 2. The monoisotopic (exact) mass is 343 g/mol. The Bertz CT molecular complexity index is 714. The molecule has 0 heterocycles. The van der Waals surface area contributed by atoms with Crippen molar-refractivity contribution in [3.8, 4) is 5.75 Å². The first-order valence-electron chi connectivity index (χ1n) is 6.95. The maximum atomic E-state index is 12.1. The highest BCUT2D eigenvalue weighted by Crippen LogP contribution is 2.29. The Morgan fingerprint density at radius 2 is 2.13 bits per heavy atom. The van der Waals surface area contributed by atoms with Gasteiger partial charge < -0.3 is 10.1 Å². The average Bonchev–Trinajstić information content (AvgIpc) is 3.30. The fourth-order valence-electron chi connectivity index (χ4n) is 1.89. The van der Waals surface area contributed by atoms with Crippen LogP contribution in [0.25, 0.3) is 0 Å². The first-order valence-corrected chi connectivity index (χ1v) is 8.43. The van der Waals surface area contributed by atoms with Gasteiger partial charge in [0.15, 0.2) is 5.75 Å². The number of methoxy groups -OCH3 is 1. The lowest BCUT2D eigenvalue weighted by Crippen LogP contribution is -2.31. The summed E-state index contributed by atoms with van der Waals surface area (Å²) in [5, 5.41) is 13.7. The molecule has 0 aliphatic heterocycles. The number of benzene rings is 1. The van der Waals surface area contributed by atoms with E-state index in [0.717, 1.165) is 18.9 Å². The Hall–Kier alpha value is -2.20. The fraction of sp³-hybridized carbons (Fsp3) is 0.462. The molecule has 1 fully saturated rings. The summed E-state index contributed by atoms with van der Waals surface area (Å²) in [6.07, 6.45) is 1.91. The number of carbonyl (C=O) groups excluding carboxylic acids is 1. The van der Waals surface area contributed by atoms with Crippen molar-refractivity contribution < 1.29 is 22.9 Å². The summed E-state index contributed by atoms with van der Waals surface area (Å²) in [5.74, 6) is -0.256. The van der Waals surface area contributed by atoms with Crippen LogP contribution in [0.15, 0.2) is 23.1 Å². The highest BCUT2D eigenvalue weighted by Gasteiger charge is 2.24. The van der Waals surface area contributed by atoms with Crippen molar-refractivity contribution >= 4 is 21.6 Å². The van der Waals surface area contributed by atoms with Gasteiger partial charge in [0.05, 0.1) is 16.9 Å². The van der Waals surface area contributed by atoms with E-state index in [4.69, 9.17) is 4.74 Å². The van der Waals surface area contributed by atoms with Gasteiger partial charge in [-0.15, -0.1) is 0 Å². The van der Waals surface area contributed by atoms with Gasteiger partial charge in [-0.3, -0.25) is 14.9 Å². The molecule has 0 unspecified atom stereocenters. The van der Waals surface area contributed by atoms with Crippen molar-refractivity contribution in [3.05, 3.63) is 28.3 Å². The molecule has 23 heavy (non-hydrogen) atoms. The quantitative estimate of drug-likeness (QED) is 0.524. The van der Waals surface area contributed by atoms with Crippen LogP contribution in [0.1, 0.15) is 19.3 Å². The Balaban J connectivity index is 2.02. The molecule has 0 atom stereocenters. The van der Waals surface area contributed by atoms with Crippen molar-refractivity contribution in [1.82, 2.24) is 10.0 Å². The molecule has 9 nitrogen and oxygen atoms in total. The number of sulfonamides is 1. The van der Waals surface area contributed by atoms with Crippen LogP contribution in [0, 0.1) is 10.1 Å². The summed E-state index contributed by atoms with van der Waals surface area (Å²) in [6.45, 7) is -0.0826. The van der Waals surface area contributed by atoms with E-state index in [1.54, 1.807) is 0 Å². The molecule has 0 spiro atoms. The van der Waals surface area contributed by atoms with E-state index in [9.17, 15) is 23.3 Å². The SMILES string of the molecule is COc1ccc(S(=O)(=O)NCCC(=O)NC2CC2)cc1[N+](=O)[O-]. The number of nitrogens with one attached hydrogen (secondary N) is 2. The van der Waals surface area contributed by atoms with Gasteiger partial charge in [0.25, 0.3) is 0 Å². The molecule has 0 aromatic heterocycles. The Kier molecular flexibility index (Phi) is 5.16. The summed E-state index contributed by atoms with van der Waals surface area (Å²) >= 11 is 0. The zero-order chi connectivity index (χ0) is 17.0. The van der Waals surface area contributed by atoms with Crippen LogP contribution in [0.2, 0.25) is 0 Å². The lowest BCUT2D eigenvalue weighted by Gasteiger charge is -2.08. The van der Waals surface area contributed by atoms with Crippen LogP contribution in [-0.4, -0.2) is 38.9 Å². The molecule has 1 aromatic rings. The first kappa shape index (κ1) is 17.2. The van der Waals surface area contributed by atoms with Crippen LogP contribution in [-0.2, 0) is 14.8 Å². The zero-order valence-corrected chi connectivity index (χ0v) is 13.3. The van der Waals surface area contributed by atoms with Crippen LogP contribution < -0.4 is 14.8 Å². The molecular formula is C13H17N3O6S. The molecule has 1 aromatic carbocycles. The Labute approximate surface area is 133 Å². The van der Waals surface area contributed by atoms with Gasteiger partial charge in [-0.05, 0) is 25.0 Å². The predicted octanol–water partition coefficient (Wildman–Crippen LogP) is 0.550. The van der Waals surface area contributed by atoms with Gasteiger partial charge in [-0.25, -0.2) is 13.1 Å². The van der Waals surface area contributed by atoms with Crippen molar-refractivity contribution in [2.24, 2.45) is 0 Å². The first-order chi connectivity index (χ1) is 10.8. The molecule has 1 aliphatic carbocycles. The second kappa shape index (κ2) is 6.92. The van der Waals surface area contributed by atoms with Gasteiger partial charge in [0.1, 0.15) is 0 Å². The number of nitro benzene ring substituents is 1. The standard InChI is InChI=1S/C13H17N3O6S/c1-22-12-5-4-10(8-11(12)16(18)19)23(20,21)14-7-6-13(17)15-9-2-3-9/h4-5,8-9,14H,2-3,6-7H2,1H3,(H,15,17). The number of nitrogens with zero attached hydrogens (tertiary/aromatic N) is 1. The molecule has 0 radical (unpaired) electrons. The number of amides is 1. The van der Waals surface area contributed by atoms with Gasteiger partial charge in [0.2, 0.25) is 15.9 Å². The molecule has 0 bridgehead atoms. The van der Waals surface area contributed by atoms with Crippen LogP contribution in [0.5, 0.6) is 5.75 Å². The van der Waals surface area contributed by atoms with E-state index in [1.807, 2.05) is 0 Å². The maximum Gasteiger partial charge on any atom is 0.312 e. The average molecular weight is 343 g/mol. The third kappa shape index (κ3) is 4.63. The van der Waals surface area contributed by atoms with Gasteiger partial charge in [0, 0.05) is 25.1 Å². The van der Waals surface area contributed by atoms with Gasteiger partial charge in [-0.1, -0.05) is 0 Å². The molecule has 0 saturated heterocycles. The van der Waals surface area contributed by atoms with E-state index >= 15 is 0 Å². The molecule has 1 saturated carbocycles. The minimum Gasteiger partial charge on any atom is -0.490 e. The number of hydrogen-bond acceptors (Lipinski definition) is 6. The van der Waals surface area contributed by atoms with E-state index in [2.05, 4.69) is 10.0 Å². The van der Waals surface area contributed by atoms with E-state index in [1.165, 1.54) is 19.2 Å². The van der Waals surface area contributed by atoms with E-state index in [-0.39, 0.29) is 35.6 Å². The second-order valence-electron chi connectivity index (χ2n) is 5.08. The summed E-state index contributed by atoms with van der Waals surface area (Å²) in [5.41, 5.74) is -0.443. The second-order valence-corrected chi connectivity index (χ2v) is 6.85. The van der Waals surface area contributed by atoms with E-state index < -0.39 is 20.6 Å². The number of ether oxygens (including phenoxy) is 1. The van der Waals surface area contributed by atoms with Gasteiger partial charge in [-0.2, -0.15) is 0 Å². The zero-order valence-electron chi connectivity index (χ0n) is 12.4. The molecule has 1 amide bonds. The third-order valence-corrected chi connectivity index (χ3v) is 4.70. The molecule has 1 aliphatic rings. The predicted molar refractivity (Wildman–Crippen MR) is 80.6 cm³/mol. The summed E-state index contributed by atoms with van der Waals surface area (Å²) in [6, 6.07) is 3.56. The maximum absolute atomic E-state index is 12.1. The smallest absolute Gasteiger partial charge is 0.312 e. The van der Waals surface area contributed by atoms with Crippen molar-refractivity contribution in [1.29, 1.82) is 0 Å². The minimum atomic E-state index is -3.94. The highest BCUT2D eigenvalue weighted by atomic mass is 32.2. The molecule has 2 N–H and O–H groups in total. The summed E-state index contributed by atoms with van der Waals surface area (Å²) in [7, 11) is -2.68. The molecule has 10 heteroatoms. The third-order valence-electron chi connectivity index (χ3n) is 3.24. The Morgan fingerprint density at radius 3 is 2.70 bits per heavy atom. The van der Waals surface area contributed by atoms with Crippen LogP contribution >= 0.6 is 0 Å². The topological polar surface area (TPSA) is 128 Å². The lowest BCUT2D eigenvalue weighted by molar-refractivity contribution is -0.386. The van der Waals surface area contributed by atoms with Crippen LogP contribution in [0.3, 0.4) is 0 Å². The number of carbonyl (C=O) groups is 1. The highest BCUT2D eigenvalue weighted by molar-refractivity contribution is 7.89. The Morgan fingerprint density at radius 1 is 1.43 bits per heavy atom. The van der Waals surface area contributed by atoms with Crippen molar-refractivity contribution in [3.63, 3.8) is 0 Å².